The Hall–Kier alpha value is -2.31. The number of halogens is 5. The first-order chi connectivity index (χ1) is 12.8. The lowest BCUT2D eigenvalue weighted by Crippen LogP contribution is -2.04. The molecule has 0 fully saturated rings. The summed E-state index contributed by atoms with van der Waals surface area (Å²) in [6, 6.07) is 12.6. The highest BCUT2D eigenvalue weighted by Crippen LogP contribution is 2.31. The topological polar surface area (TPSA) is 35.0 Å². The van der Waals surface area contributed by atoms with E-state index in [1.54, 1.807) is 0 Å². The SMILES string of the molecule is FC(F)(F)c1ccc(-c2ccc(CCOc3nc(Cl)ncc3Cl)cc2)cc1. The number of hydrogen-bond donors (Lipinski definition) is 0. The van der Waals surface area contributed by atoms with Crippen molar-refractivity contribution in [1.82, 2.24) is 9.97 Å². The highest BCUT2D eigenvalue weighted by molar-refractivity contribution is 6.32. The summed E-state index contributed by atoms with van der Waals surface area (Å²) >= 11 is 11.6. The van der Waals surface area contributed by atoms with Gasteiger partial charge in [-0.15, -0.1) is 0 Å². The maximum absolute atomic E-state index is 12.6. The summed E-state index contributed by atoms with van der Waals surface area (Å²) in [5.74, 6) is 0.220. The van der Waals surface area contributed by atoms with E-state index in [-0.39, 0.29) is 16.2 Å². The van der Waals surface area contributed by atoms with E-state index >= 15 is 0 Å². The highest BCUT2D eigenvalue weighted by atomic mass is 35.5. The third-order valence-corrected chi connectivity index (χ3v) is 4.25. The lowest BCUT2D eigenvalue weighted by molar-refractivity contribution is -0.137. The summed E-state index contributed by atoms with van der Waals surface area (Å²) in [5.41, 5.74) is 1.89. The number of alkyl halides is 3. The van der Waals surface area contributed by atoms with E-state index in [4.69, 9.17) is 27.9 Å². The molecule has 0 aliphatic heterocycles. The molecule has 27 heavy (non-hydrogen) atoms. The Labute approximate surface area is 163 Å². The number of aromatic nitrogens is 2. The minimum Gasteiger partial charge on any atom is -0.476 e. The molecule has 1 aromatic heterocycles. The van der Waals surface area contributed by atoms with Gasteiger partial charge in [-0.1, -0.05) is 48.0 Å². The van der Waals surface area contributed by atoms with E-state index in [0.29, 0.717) is 18.6 Å². The molecular weight excluding hydrogens is 400 g/mol. The number of ether oxygens (including phenoxy) is 1. The standard InChI is InChI=1S/C19H13Cl2F3N2O/c20-16-11-25-18(21)26-17(16)27-10-9-12-1-3-13(4-2-12)14-5-7-15(8-6-14)19(22,23)24/h1-8,11H,9-10H2. The predicted molar refractivity (Wildman–Crippen MR) is 98.1 cm³/mol. The van der Waals surface area contributed by atoms with Crippen LogP contribution in [0, 0.1) is 0 Å². The molecule has 0 radical (unpaired) electrons. The van der Waals surface area contributed by atoms with Crippen molar-refractivity contribution in [3.05, 3.63) is 76.2 Å². The molecule has 0 aliphatic carbocycles. The first-order valence-electron chi connectivity index (χ1n) is 7.90. The van der Waals surface area contributed by atoms with Crippen LogP contribution < -0.4 is 4.74 Å². The van der Waals surface area contributed by atoms with Gasteiger partial charge in [0.1, 0.15) is 5.02 Å². The first-order valence-corrected chi connectivity index (χ1v) is 8.66. The Balaban J connectivity index is 1.61. The lowest BCUT2D eigenvalue weighted by Gasteiger charge is -2.09. The molecular formula is C19H13Cl2F3N2O. The zero-order valence-electron chi connectivity index (χ0n) is 13.8. The highest BCUT2D eigenvalue weighted by Gasteiger charge is 2.29. The number of hydrogen-bond acceptors (Lipinski definition) is 3. The van der Waals surface area contributed by atoms with Crippen LogP contribution >= 0.6 is 23.2 Å². The Kier molecular flexibility index (Phi) is 5.87. The Bertz CT molecular complexity index is 914. The van der Waals surface area contributed by atoms with Crippen LogP contribution in [0.4, 0.5) is 13.2 Å². The van der Waals surface area contributed by atoms with Gasteiger partial charge in [0.25, 0.3) is 0 Å². The van der Waals surface area contributed by atoms with Gasteiger partial charge in [-0.05, 0) is 40.4 Å². The average molecular weight is 413 g/mol. The van der Waals surface area contributed by atoms with Crippen LogP contribution in [0.15, 0.2) is 54.7 Å². The molecule has 3 rings (SSSR count). The largest absolute Gasteiger partial charge is 0.476 e. The van der Waals surface area contributed by atoms with E-state index in [1.165, 1.54) is 18.3 Å². The van der Waals surface area contributed by atoms with Crippen LogP contribution in [-0.4, -0.2) is 16.6 Å². The molecule has 8 heteroatoms. The van der Waals surface area contributed by atoms with E-state index in [9.17, 15) is 13.2 Å². The van der Waals surface area contributed by atoms with Gasteiger partial charge in [-0.3, -0.25) is 0 Å². The summed E-state index contributed by atoms with van der Waals surface area (Å²) in [6.45, 7) is 0.340. The van der Waals surface area contributed by atoms with Gasteiger partial charge < -0.3 is 4.74 Å². The van der Waals surface area contributed by atoms with Crippen LogP contribution in [-0.2, 0) is 12.6 Å². The summed E-state index contributed by atoms with van der Waals surface area (Å²) in [7, 11) is 0. The molecule has 0 atom stereocenters. The zero-order chi connectivity index (χ0) is 19.4. The molecule has 0 bridgehead atoms. The van der Waals surface area contributed by atoms with Crippen molar-refractivity contribution >= 4 is 23.2 Å². The fourth-order valence-corrected chi connectivity index (χ4v) is 2.68. The van der Waals surface area contributed by atoms with Gasteiger partial charge in [0.05, 0.1) is 18.4 Å². The van der Waals surface area contributed by atoms with Crippen LogP contribution in [0.3, 0.4) is 0 Å². The predicted octanol–water partition coefficient (Wildman–Crippen LogP) is 6.09. The van der Waals surface area contributed by atoms with E-state index in [1.807, 2.05) is 24.3 Å². The minimum absolute atomic E-state index is 0.0512. The normalized spacial score (nSPS) is 11.4. The average Bonchev–Trinajstić information content (AvgIpc) is 2.64. The van der Waals surface area contributed by atoms with Crippen molar-refractivity contribution in [3.8, 4) is 17.0 Å². The smallest absolute Gasteiger partial charge is 0.416 e. The molecule has 140 valence electrons. The molecule has 0 spiro atoms. The zero-order valence-corrected chi connectivity index (χ0v) is 15.3. The number of benzene rings is 2. The van der Waals surface area contributed by atoms with Crippen LogP contribution in [0.25, 0.3) is 11.1 Å². The Morgan fingerprint density at radius 1 is 0.889 bits per heavy atom. The molecule has 0 aliphatic rings. The van der Waals surface area contributed by atoms with Gasteiger partial charge in [-0.25, -0.2) is 4.98 Å². The lowest BCUT2D eigenvalue weighted by atomic mass is 10.0. The maximum Gasteiger partial charge on any atom is 0.416 e. The molecule has 0 saturated carbocycles. The molecule has 3 aromatic rings. The van der Waals surface area contributed by atoms with Crippen molar-refractivity contribution < 1.29 is 17.9 Å². The third-order valence-electron chi connectivity index (χ3n) is 3.81. The minimum atomic E-state index is -4.33. The van der Waals surface area contributed by atoms with E-state index < -0.39 is 11.7 Å². The van der Waals surface area contributed by atoms with Gasteiger partial charge in [0, 0.05) is 6.42 Å². The third kappa shape index (κ3) is 5.11. The second kappa shape index (κ2) is 8.15. The fourth-order valence-electron chi connectivity index (χ4n) is 2.41. The van der Waals surface area contributed by atoms with Gasteiger partial charge in [0.15, 0.2) is 0 Å². The second-order valence-electron chi connectivity index (χ2n) is 5.66. The van der Waals surface area contributed by atoms with E-state index in [0.717, 1.165) is 23.3 Å². The summed E-state index contributed by atoms with van der Waals surface area (Å²) in [5, 5.41) is 0.326. The second-order valence-corrected chi connectivity index (χ2v) is 6.41. The molecule has 0 N–H and O–H groups in total. The molecule has 0 amide bonds. The van der Waals surface area contributed by atoms with Crippen LogP contribution in [0.5, 0.6) is 5.88 Å². The molecule has 1 heterocycles. The quantitative estimate of drug-likeness (QED) is 0.475. The van der Waals surface area contributed by atoms with Crippen LogP contribution in [0.1, 0.15) is 11.1 Å². The van der Waals surface area contributed by atoms with E-state index in [2.05, 4.69) is 9.97 Å². The number of nitrogens with zero attached hydrogens (tertiary/aromatic N) is 2. The van der Waals surface area contributed by atoms with Gasteiger partial charge in [-0.2, -0.15) is 18.2 Å². The van der Waals surface area contributed by atoms with Crippen molar-refractivity contribution in [2.24, 2.45) is 0 Å². The van der Waals surface area contributed by atoms with Crippen LogP contribution in [0.2, 0.25) is 10.3 Å². The summed E-state index contributed by atoms with van der Waals surface area (Å²) in [4.78, 5) is 7.64. The van der Waals surface area contributed by atoms with Crippen molar-refractivity contribution in [2.75, 3.05) is 6.61 Å². The summed E-state index contributed by atoms with van der Waals surface area (Å²) < 4.78 is 43.4. The Morgan fingerprint density at radius 2 is 1.48 bits per heavy atom. The number of rotatable bonds is 5. The maximum atomic E-state index is 12.6. The molecule has 0 saturated heterocycles. The van der Waals surface area contributed by atoms with Gasteiger partial charge >= 0.3 is 6.18 Å². The van der Waals surface area contributed by atoms with Crippen molar-refractivity contribution in [3.63, 3.8) is 0 Å². The monoisotopic (exact) mass is 412 g/mol. The molecule has 0 unspecified atom stereocenters. The van der Waals surface area contributed by atoms with Gasteiger partial charge in [0.2, 0.25) is 11.2 Å². The fraction of sp³-hybridized carbons (Fsp3) is 0.158. The first kappa shape index (κ1) is 19.5. The molecule has 3 nitrogen and oxygen atoms in total. The van der Waals surface area contributed by atoms with Crippen molar-refractivity contribution in [2.45, 2.75) is 12.6 Å². The van der Waals surface area contributed by atoms with Crippen molar-refractivity contribution in [1.29, 1.82) is 0 Å². The molecule has 2 aromatic carbocycles. The Morgan fingerprint density at radius 3 is 2.07 bits per heavy atom. The summed E-state index contributed by atoms with van der Waals surface area (Å²) in [6.07, 6.45) is -2.37.